The lowest BCUT2D eigenvalue weighted by molar-refractivity contribution is -0.388. The van der Waals surface area contributed by atoms with Gasteiger partial charge in [0.2, 0.25) is 5.95 Å². The molecule has 0 radical (unpaired) electrons. The fourth-order valence-electron chi connectivity index (χ4n) is 1.34. The predicted molar refractivity (Wildman–Crippen MR) is 72.8 cm³/mol. The van der Waals surface area contributed by atoms with E-state index in [0.717, 1.165) is 18.2 Å². The molecule has 106 valence electrons. The Morgan fingerprint density at radius 3 is 2.90 bits per heavy atom. The Balaban J connectivity index is 2.28. The van der Waals surface area contributed by atoms with Crippen LogP contribution in [0.4, 0.5) is 11.6 Å². The van der Waals surface area contributed by atoms with Gasteiger partial charge >= 0.3 is 5.69 Å². The van der Waals surface area contributed by atoms with Gasteiger partial charge in [-0.15, -0.1) is 0 Å². The highest BCUT2D eigenvalue weighted by Gasteiger charge is 2.20. The Morgan fingerprint density at radius 1 is 1.50 bits per heavy atom. The topological polar surface area (TPSA) is 107 Å². The molecule has 2 aromatic heterocycles. The summed E-state index contributed by atoms with van der Waals surface area (Å²) in [7, 11) is 0. The Hall–Kier alpha value is -2.16. The molecule has 0 unspecified atom stereocenters. The molecule has 0 saturated heterocycles. The molecule has 0 bridgehead atoms. The van der Waals surface area contributed by atoms with Crippen LogP contribution in [0.2, 0.25) is 0 Å². The van der Waals surface area contributed by atoms with Gasteiger partial charge in [0.15, 0.2) is 5.03 Å². The van der Waals surface area contributed by atoms with Crippen LogP contribution >= 0.6 is 11.8 Å². The van der Waals surface area contributed by atoms with Crippen molar-refractivity contribution in [3.05, 3.63) is 28.3 Å². The van der Waals surface area contributed by atoms with Crippen LogP contribution in [0.3, 0.4) is 0 Å². The first-order chi connectivity index (χ1) is 9.60. The number of aryl methyl sites for hydroxylation is 1. The van der Waals surface area contributed by atoms with Crippen LogP contribution in [0, 0.1) is 17.0 Å². The Morgan fingerprint density at radius 2 is 2.30 bits per heavy atom. The van der Waals surface area contributed by atoms with Gasteiger partial charge in [-0.2, -0.15) is 4.98 Å². The molecule has 0 aliphatic heterocycles. The van der Waals surface area contributed by atoms with Crippen molar-refractivity contribution in [3.8, 4) is 0 Å². The van der Waals surface area contributed by atoms with Crippen LogP contribution in [-0.2, 0) is 0 Å². The van der Waals surface area contributed by atoms with Crippen molar-refractivity contribution < 1.29 is 9.34 Å². The molecule has 0 aromatic carbocycles. The van der Waals surface area contributed by atoms with E-state index in [1.165, 1.54) is 12.5 Å². The van der Waals surface area contributed by atoms with Crippen molar-refractivity contribution in [1.29, 1.82) is 0 Å². The quantitative estimate of drug-likeness (QED) is 0.492. The second-order valence-electron chi connectivity index (χ2n) is 3.92. The minimum Gasteiger partial charge on any atom is -0.439 e. The van der Waals surface area contributed by atoms with Crippen molar-refractivity contribution in [2.24, 2.45) is 0 Å². The number of nitrogens with zero attached hydrogens (tertiary/aromatic N) is 4. The molecule has 0 aliphatic rings. The molecule has 20 heavy (non-hydrogen) atoms. The molecule has 2 rings (SSSR count). The van der Waals surface area contributed by atoms with Crippen LogP contribution < -0.4 is 5.32 Å². The zero-order chi connectivity index (χ0) is 14.5. The van der Waals surface area contributed by atoms with E-state index in [2.05, 4.69) is 20.3 Å². The maximum absolute atomic E-state index is 11.0. The second-order valence-corrected chi connectivity index (χ2v) is 4.86. The number of hydrogen-bond acceptors (Lipinski definition) is 8. The summed E-state index contributed by atoms with van der Waals surface area (Å²) in [5.41, 5.74) is 0.529. The van der Waals surface area contributed by atoms with E-state index in [1.807, 2.05) is 6.92 Å². The molecule has 2 heterocycles. The summed E-state index contributed by atoms with van der Waals surface area (Å²) < 4.78 is 5.17. The molecule has 0 atom stereocenters. The fraction of sp³-hybridized carbons (Fsp3) is 0.364. The minimum atomic E-state index is -0.526. The average Bonchev–Trinajstić information content (AvgIpc) is 2.81. The highest BCUT2D eigenvalue weighted by Crippen LogP contribution is 2.32. The minimum absolute atomic E-state index is 0.173. The van der Waals surface area contributed by atoms with E-state index in [9.17, 15) is 10.1 Å². The molecule has 8 nitrogen and oxygen atoms in total. The number of anilines is 1. The molecule has 0 aliphatic carbocycles. The molecule has 0 spiro atoms. The number of nitro groups is 1. The lowest BCUT2D eigenvalue weighted by Gasteiger charge is -2.04. The smallest absolute Gasteiger partial charge is 0.320 e. The number of oxazole rings is 1. The second kappa shape index (κ2) is 6.33. The standard InChI is InChI=1S/C11H13N5O3S/c1-3-4-12-10-13-5-8(16(17)18)9(15-10)20-11-14-7(2)6-19-11/h5-6H,3-4H2,1-2H3,(H,12,13,15). The lowest BCUT2D eigenvalue weighted by atomic mass is 10.5. The first-order valence-corrected chi connectivity index (χ1v) is 6.77. The van der Waals surface area contributed by atoms with Crippen LogP contribution in [0.1, 0.15) is 19.0 Å². The Labute approximate surface area is 119 Å². The van der Waals surface area contributed by atoms with E-state index in [0.29, 0.717) is 23.4 Å². The predicted octanol–water partition coefficient (Wildman–Crippen LogP) is 2.65. The summed E-state index contributed by atoms with van der Waals surface area (Å²) >= 11 is 1.00. The van der Waals surface area contributed by atoms with Crippen molar-refractivity contribution in [1.82, 2.24) is 15.0 Å². The summed E-state index contributed by atoms with van der Waals surface area (Å²) in [5.74, 6) is 0.350. The van der Waals surface area contributed by atoms with E-state index >= 15 is 0 Å². The summed E-state index contributed by atoms with van der Waals surface area (Å²) in [5, 5.41) is 14.5. The van der Waals surface area contributed by atoms with Gasteiger partial charge in [0.25, 0.3) is 5.22 Å². The molecule has 1 N–H and O–H groups in total. The van der Waals surface area contributed by atoms with Gasteiger partial charge in [0.05, 0.1) is 10.6 Å². The lowest BCUT2D eigenvalue weighted by Crippen LogP contribution is -2.06. The SMILES string of the molecule is CCCNc1ncc([N+](=O)[O-])c(Sc2nc(C)co2)n1. The number of aromatic nitrogens is 3. The van der Waals surface area contributed by atoms with Crippen molar-refractivity contribution in [2.45, 2.75) is 30.5 Å². The van der Waals surface area contributed by atoms with Crippen LogP contribution in [-0.4, -0.2) is 26.4 Å². The third-order valence-electron chi connectivity index (χ3n) is 2.25. The number of nitrogens with one attached hydrogen (secondary N) is 1. The van der Waals surface area contributed by atoms with Gasteiger partial charge in [0, 0.05) is 6.54 Å². The zero-order valence-electron chi connectivity index (χ0n) is 11.0. The van der Waals surface area contributed by atoms with Crippen molar-refractivity contribution in [3.63, 3.8) is 0 Å². The molecular formula is C11H13N5O3S. The van der Waals surface area contributed by atoms with E-state index in [-0.39, 0.29) is 10.7 Å². The summed E-state index contributed by atoms with van der Waals surface area (Å²) in [6.07, 6.45) is 3.57. The molecular weight excluding hydrogens is 282 g/mol. The number of hydrogen-bond donors (Lipinski definition) is 1. The molecule has 2 aromatic rings. The van der Waals surface area contributed by atoms with E-state index in [1.54, 1.807) is 6.92 Å². The average molecular weight is 295 g/mol. The van der Waals surface area contributed by atoms with Gasteiger partial charge in [0.1, 0.15) is 12.5 Å². The maximum atomic E-state index is 11.0. The Bertz CT molecular complexity index is 616. The molecule has 0 fully saturated rings. The first-order valence-electron chi connectivity index (χ1n) is 5.95. The fourth-order valence-corrected chi connectivity index (χ4v) is 2.16. The van der Waals surface area contributed by atoms with Crippen LogP contribution in [0.25, 0.3) is 0 Å². The zero-order valence-corrected chi connectivity index (χ0v) is 11.8. The van der Waals surface area contributed by atoms with Gasteiger partial charge in [-0.1, -0.05) is 6.92 Å². The third-order valence-corrected chi connectivity index (χ3v) is 3.10. The molecule has 9 heteroatoms. The summed E-state index contributed by atoms with van der Waals surface area (Å²) in [4.78, 5) is 22.6. The highest BCUT2D eigenvalue weighted by atomic mass is 32.2. The van der Waals surface area contributed by atoms with Crippen LogP contribution in [0.5, 0.6) is 0 Å². The molecule has 0 saturated carbocycles. The summed E-state index contributed by atoms with van der Waals surface area (Å²) in [6, 6.07) is 0. The third kappa shape index (κ3) is 3.44. The van der Waals surface area contributed by atoms with Gasteiger partial charge in [-0.3, -0.25) is 10.1 Å². The van der Waals surface area contributed by atoms with Gasteiger partial charge < -0.3 is 9.73 Å². The normalized spacial score (nSPS) is 10.5. The van der Waals surface area contributed by atoms with E-state index in [4.69, 9.17) is 4.42 Å². The van der Waals surface area contributed by atoms with Crippen molar-refractivity contribution in [2.75, 3.05) is 11.9 Å². The van der Waals surface area contributed by atoms with Gasteiger partial charge in [-0.25, -0.2) is 9.97 Å². The largest absolute Gasteiger partial charge is 0.439 e. The van der Waals surface area contributed by atoms with Crippen molar-refractivity contribution >= 4 is 23.4 Å². The first kappa shape index (κ1) is 14.3. The monoisotopic (exact) mass is 295 g/mol. The molecule has 0 amide bonds. The number of rotatable bonds is 6. The Kier molecular flexibility index (Phi) is 4.51. The maximum Gasteiger partial charge on any atom is 0.320 e. The highest BCUT2D eigenvalue weighted by molar-refractivity contribution is 7.99. The summed E-state index contributed by atoms with van der Waals surface area (Å²) in [6.45, 7) is 4.47. The van der Waals surface area contributed by atoms with E-state index < -0.39 is 4.92 Å². The van der Waals surface area contributed by atoms with Crippen LogP contribution in [0.15, 0.2) is 27.1 Å². The van der Waals surface area contributed by atoms with Gasteiger partial charge in [-0.05, 0) is 25.1 Å².